The Balaban J connectivity index is 1.52. The Hall–Kier alpha value is -4.90. The summed E-state index contributed by atoms with van der Waals surface area (Å²) in [5, 5.41) is 11.9. The molecule has 262 valence electrons. The average molecular weight is 677 g/mol. The first-order valence-electron chi connectivity index (χ1n) is 18.2. The third-order valence-electron chi connectivity index (χ3n) is 10.2. The number of nitrogens with zero attached hydrogens (tertiary/aromatic N) is 4. The second-order valence-electron chi connectivity index (χ2n) is 18.3. The zero-order valence-electron chi connectivity index (χ0n) is 32.4. The number of aromatic hydroxyl groups is 1. The number of aromatic nitrogens is 4. The topological polar surface area (TPSA) is 55.4 Å². The largest absolute Gasteiger partial charge is 0.507 e. The normalized spacial score (nSPS) is 13.2. The van der Waals surface area contributed by atoms with Crippen LogP contribution in [0.2, 0.25) is 0 Å². The van der Waals surface area contributed by atoms with Crippen molar-refractivity contribution in [2.24, 2.45) is 0 Å². The molecular formula is C46H52N4O. The molecule has 0 aliphatic rings. The molecule has 0 amide bonds. The third-order valence-corrected chi connectivity index (χ3v) is 10.2. The minimum absolute atomic E-state index is 0.0124. The van der Waals surface area contributed by atoms with Gasteiger partial charge in [-0.05, 0) is 86.9 Å². The van der Waals surface area contributed by atoms with Crippen molar-refractivity contribution in [1.82, 2.24) is 18.9 Å². The molecule has 0 spiro atoms. The number of fused-ring (bicyclic) bond motifs is 5. The van der Waals surface area contributed by atoms with Crippen molar-refractivity contribution in [2.75, 3.05) is 0 Å². The van der Waals surface area contributed by atoms with Gasteiger partial charge in [-0.15, -0.1) is 0 Å². The molecule has 3 heterocycles. The highest BCUT2D eigenvalue weighted by atomic mass is 16.3. The highest BCUT2D eigenvalue weighted by molar-refractivity contribution is 5.98. The highest BCUT2D eigenvalue weighted by Gasteiger charge is 2.28. The number of phenolic OH excluding ortho intramolecular Hbond substituents is 1. The van der Waals surface area contributed by atoms with Gasteiger partial charge in [-0.25, -0.2) is 9.97 Å². The molecule has 0 aliphatic carbocycles. The number of hydrogen-bond donors (Lipinski definition) is 1. The van der Waals surface area contributed by atoms with Gasteiger partial charge in [0.2, 0.25) is 5.78 Å². The van der Waals surface area contributed by atoms with Crippen LogP contribution in [0.25, 0.3) is 56.0 Å². The summed E-state index contributed by atoms with van der Waals surface area (Å²) in [7, 11) is 0. The van der Waals surface area contributed by atoms with Crippen molar-refractivity contribution in [1.29, 1.82) is 0 Å². The summed E-state index contributed by atoms with van der Waals surface area (Å²) in [6.45, 7) is 26.6. The van der Waals surface area contributed by atoms with E-state index in [9.17, 15) is 5.11 Å². The standard InChI is InChI=1S/C46H52N4O/c1-43(2,3)28-17-15-18-31(23-28)49-37-20-13-14-21-38(37)50-39-22-16-19-32(40(39)48-42(49)50)35-26-30(45(7,8)9)27-36(47-35)33-24-29(44(4,5)6)25-34(41(33)51)46(10,11)12/h13-27,51H,1-12H3. The van der Waals surface area contributed by atoms with E-state index < -0.39 is 0 Å². The van der Waals surface area contributed by atoms with E-state index in [2.05, 4.69) is 183 Å². The van der Waals surface area contributed by atoms with Crippen molar-refractivity contribution < 1.29 is 5.11 Å². The summed E-state index contributed by atoms with van der Waals surface area (Å²) < 4.78 is 4.56. The van der Waals surface area contributed by atoms with Gasteiger partial charge in [0.25, 0.3) is 0 Å². The summed E-state index contributed by atoms with van der Waals surface area (Å²) in [5.41, 5.74) is 12.6. The maximum Gasteiger partial charge on any atom is 0.220 e. The van der Waals surface area contributed by atoms with Gasteiger partial charge in [-0.1, -0.05) is 126 Å². The number of imidazole rings is 2. The van der Waals surface area contributed by atoms with Gasteiger partial charge < -0.3 is 5.11 Å². The van der Waals surface area contributed by atoms with Gasteiger partial charge in [0.15, 0.2) is 0 Å². The van der Waals surface area contributed by atoms with Crippen LogP contribution in [-0.2, 0) is 21.7 Å². The van der Waals surface area contributed by atoms with E-state index in [1.54, 1.807) is 0 Å². The SMILES string of the molecule is CC(C)(C)c1cccc(-n2c3ccccc3n3c4cccc(-c5cc(C(C)(C)C)cc(-c6cc(C(C)(C)C)cc(C(C)(C)C)c6O)n5)c4nc23)c1. The maximum atomic E-state index is 11.9. The van der Waals surface area contributed by atoms with Gasteiger partial charge in [0, 0.05) is 22.4 Å². The molecule has 0 aliphatic heterocycles. The zero-order chi connectivity index (χ0) is 36.8. The predicted octanol–water partition coefficient (Wildman–Crippen LogP) is 12.1. The third kappa shape index (κ3) is 6.01. The second-order valence-corrected chi connectivity index (χ2v) is 18.3. The fourth-order valence-electron chi connectivity index (χ4n) is 7.07. The fraction of sp³-hybridized carbons (Fsp3) is 0.348. The minimum atomic E-state index is -0.248. The van der Waals surface area contributed by atoms with Gasteiger partial charge in [-0.2, -0.15) is 0 Å². The molecule has 4 aromatic carbocycles. The van der Waals surface area contributed by atoms with Crippen LogP contribution >= 0.6 is 0 Å². The number of pyridine rings is 1. The van der Waals surface area contributed by atoms with Crippen LogP contribution in [0.1, 0.15) is 105 Å². The van der Waals surface area contributed by atoms with E-state index in [0.717, 1.165) is 67.2 Å². The number of benzene rings is 4. The Labute approximate surface area is 303 Å². The molecular weight excluding hydrogens is 625 g/mol. The van der Waals surface area contributed by atoms with Crippen molar-refractivity contribution in [3.8, 4) is 34.0 Å². The van der Waals surface area contributed by atoms with E-state index in [-0.39, 0.29) is 21.7 Å². The average Bonchev–Trinajstić information content (AvgIpc) is 3.57. The molecule has 0 saturated heterocycles. The summed E-state index contributed by atoms with van der Waals surface area (Å²) in [4.78, 5) is 10.8. The summed E-state index contributed by atoms with van der Waals surface area (Å²) in [6.07, 6.45) is 0. The molecule has 3 aromatic heterocycles. The first-order chi connectivity index (χ1) is 23.7. The van der Waals surface area contributed by atoms with Gasteiger partial charge in [0.05, 0.1) is 27.9 Å². The van der Waals surface area contributed by atoms with E-state index in [0.29, 0.717) is 5.75 Å². The van der Waals surface area contributed by atoms with Crippen LogP contribution in [0.15, 0.2) is 91.0 Å². The maximum absolute atomic E-state index is 11.9. The van der Waals surface area contributed by atoms with Crippen molar-refractivity contribution in [3.05, 3.63) is 113 Å². The van der Waals surface area contributed by atoms with Crippen LogP contribution in [0.3, 0.4) is 0 Å². The molecule has 0 saturated carbocycles. The summed E-state index contributed by atoms with van der Waals surface area (Å²) >= 11 is 0. The molecule has 7 aromatic rings. The molecule has 0 unspecified atom stereocenters. The first-order valence-corrected chi connectivity index (χ1v) is 18.2. The number of rotatable bonds is 3. The van der Waals surface area contributed by atoms with Crippen LogP contribution in [-0.4, -0.2) is 24.0 Å². The zero-order valence-corrected chi connectivity index (χ0v) is 32.4. The Morgan fingerprint density at radius 1 is 0.490 bits per heavy atom. The molecule has 5 heteroatoms. The van der Waals surface area contributed by atoms with Gasteiger partial charge >= 0.3 is 0 Å². The quantitative estimate of drug-likeness (QED) is 0.203. The lowest BCUT2D eigenvalue weighted by Crippen LogP contribution is -2.17. The lowest BCUT2D eigenvalue weighted by Gasteiger charge is -2.28. The lowest BCUT2D eigenvalue weighted by molar-refractivity contribution is 0.446. The summed E-state index contributed by atoms with van der Waals surface area (Å²) in [5.74, 6) is 1.16. The molecule has 0 atom stereocenters. The Kier molecular flexibility index (Phi) is 7.83. The van der Waals surface area contributed by atoms with Crippen molar-refractivity contribution >= 4 is 27.8 Å². The summed E-state index contributed by atoms with van der Waals surface area (Å²) in [6, 6.07) is 32.4. The Morgan fingerprint density at radius 2 is 1.06 bits per heavy atom. The molecule has 7 rings (SSSR count). The molecule has 0 bridgehead atoms. The molecule has 0 radical (unpaired) electrons. The fourth-order valence-corrected chi connectivity index (χ4v) is 7.07. The van der Waals surface area contributed by atoms with Crippen LogP contribution < -0.4 is 0 Å². The smallest absolute Gasteiger partial charge is 0.220 e. The van der Waals surface area contributed by atoms with Crippen LogP contribution in [0.4, 0.5) is 0 Å². The van der Waals surface area contributed by atoms with Crippen LogP contribution in [0.5, 0.6) is 5.75 Å². The van der Waals surface area contributed by atoms with E-state index in [1.807, 2.05) is 0 Å². The monoisotopic (exact) mass is 676 g/mol. The van der Waals surface area contributed by atoms with E-state index in [4.69, 9.17) is 9.97 Å². The van der Waals surface area contributed by atoms with Gasteiger partial charge in [-0.3, -0.25) is 8.97 Å². The molecule has 51 heavy (non-hydrogen) atoms. The lowest BCUT2D eigenvalue weighted by atomic mass is 9.78. The number of phenols is 1. The number of para-hydroxylation sites is 3. The first kappa shape index (κ1) is 34.5. The van der Waals surface area contributed by atoms with Crippen molar-refractivity contribution in [2.45, 2.75) is 105 Å². The van der Waals surface area contributed by atoms with E-state index in [1.165, 1.54) is 11.1 Å². The minimum Gasteiger partial charge on any atom is -0.507 e. The molecule has 0 fully saturated rings. The Bertz CT molecular complexity index is 2470. The van der Waals surface area contributed by atoms with Gasteiger partial charge in [0.1, 0.15) is 11.3 Å². The Morgan fingerprint density at radius 3 is 1.69 bits per heavy atom. The van der Waals surface area contributed by atoms with Crippen molar-refractivity contribution in [3.63, 3.8) is 0 Å². The highest BCUT2D eigenvalue weighted by Crippen LogP contribution is 2.44. The van der Waals surface area contributed by atoms with Crippen LogP contribution in [0, 0.1) is 0 Å². The van der Waals surface area contributed by atoms with E-state index >= 15 is 0 Å². The number of hydrogen-bond acceptors (Lipinski definition) is 3. The second kappa shape index (κ2) is 11.6. The molecule has 5 nitrogen and oxygen atoms in total. The predicted molar refractivity (Wildman–Crippen MR) is 215 cm³/mol. The molecule has 1 N–H and O–H groups in total.